The van der Waals surface area contributed by atoms with E-state index in [0.717, 1.165) is 10.6 Å². The van der Waals surface area contributed by atoms with Crippen LogP contribution in [0.1, 0.15) is 5.56 Å². The number of benzene rings is 2. The van der Waals surface area contributed by atoms with Gasteiger partial charge in [-0.3, -0.25) is 13.9 Å². The van der Waals surface area contributed by atoms with Crippen LogP contribution < -0.4 is 24.9 Å². The second-order valence-corrected chi connectivity index (χ2v) is 8.52. The number of nitrogens with one attached hydrogen (secondary N) is 1. The van der Waals surface area contributed by atoms with Gasteiger partial charge in [-0.05, 0) is 48.0 Å². The Morgan fingerprint density at radius 3 is 2.45 bits per heavy atom. The van der Waals surface area contributed by atoms with E-state index < -0.39 is 28.4 Å². The zero-order valence-corrected chi connectivity index (χ0v) is 18.3. The Morgan fingerprint density at radius 1 is 1.23 bits per heavy atom. The normalized spacial score (nSPS) is 11.2. The molecule has 0 bridgehead atoms. The molecule has 0 atom stereocenters. The van der Waals surface area contributed by atoms with E-state index in [9.17, 15) is 18.0 Å². The first-order chi connectivity index (χ1) is 14.6. The summed E-state index contributed by atoms with van der Waals surface area (Å²) in [7, 11) is -2.34. The largest absolute Gasteiger partial charge is 0.495 e. The zero-order valence-electron chi connectivity index (χ0n) is 16.7. The van der Waals surface area contributed by atoms with Gasteiger partial charge in [-0.1, -0.05) is 11.6 Å². The lowest BCUT2D eigenvalue weighted by atomic mass is 10.2. The van der Waals surface area contributed by atoms with Crippen molar-refractivity contribution < 1.29 is 27.5 Å². The maximum absolute atomic E-state index is 12.2. The molecule has 0 aliphatic carbocycles. The van der Waals surface area contributed by atoms with E-state index in [4.69, 9.17) is 26.8 Å². The molecule has 0 aliphatic heterocycles. The lowest BCUT2D eigenvalue weighted by molar-refractivity contribution is -0.120. The second-order valence-electron chi connectivity index (χ2n) is 6.21. The molecule has 0 aliphatic rings. The van der Waals surface area contributed by atoms with Gasteiger partial charge >= 0.3 is 0 Å². The number of hydrogen-bond donors (Lipinski definition) is 2. The molecular weight excluding hydrogens is 448 g/mol. The molecule has 0 heterocycles. The first-order valence-corrected chi connectivity index (χ1v) is 11.0. The Kier molecular flexibility index (Phi) is 8.22. The van der Waals surface area contributed by atoms with Crippen LogP contribution in [0.5, 0.6) is 11.5 Å². The van der Waals surface area contributed by atoms with E-state index in [-0.39, 0.29) is 17.3 Å². The number of primary amides is 1. The van der Waals surface area contributed by atoms with Gasteiger partial charge in [0.2, 0.25) is 10.0 Å². The van der Waals surface area contributed by atoms with Crippen LogP contribution in [-0.4, -0.2) is 53.0 Å². The molecule has 2 aromatic rings. The highest BCUT2D eigenvalue weighted by molar-refractivity contribution is 7.92. The van der Waals surface area contributed by atoms with Crippen molar-refractivity contribution >= 4 is 45.3 Å². The van der Waals surface area contributed by atoms with Gasteiger partial charge in [0.05, 0.1) is 30.3 Å². The Hall–Kier alpha value is -3.31. The summed E-state index contributed by atoms with van der Waals surface area (Å²) in [6.07, 6.45) is 2.34. The monoisotopic (exact) mass is 468 g/mol. The summed E-state index contributed by atoms with van der Waals surface area (Å²) in [6.45, 7) is -0.738. The van der Waals surface area contributed by atoms with Crippen molar-refractivity contribution in [2.24, 2.45) is 10.8 Å². The van der Waals surface area contributed by atoms with E-state index in [1.807, 2.05) is 0 Å². The number of sulfonamides is 1. The minimum absolute atomic E-state index is 0.204. The van der Waals surface area contributed by atoms with Gasteiger partial charge in [-0.25, -0.2) is 13.8 Å². The Morgan fingerprint density at radius 2 is 1.90 bits per heavy atom. The van der Waals surface area contributed by atoms with Crippen LogP contribution >= 0.6 is 11.6 Å². The molecule has 0 unspecified atom stereocenters. The molecule has 0 saturated carbocycles. The van der Waals surface area contributed by atoms with E-state index in [1.165, 1.54) is 31.5 Å². The van der Waals surface area contributed by atoms with Crippen molar-refractivity contribution in [2.45, 2.75) is 0 Å². The number of methoxy groups -OCH3 is 1. The maximum Gasteiger partial charge on any atom is 0.260 e. The molecule has 12 heteroatoms. The Labute approximate surface area is 184 Å². The standard InChI is InChI=1S/C19H21ClN4O6S/c1-29-17-8-5-14(9-16(17)20)24(31(2,27)28)11-19(26)23-22-10-13-3-6-15(7-4-13)30-12-18(21)25/h3-10H,11-12H2,1-2H3,(H2,21,25)(H,23,26)/b22-10-. The summed E-state index contributed by atoms with van der Waals surface area (Å²) in [5.41, 5.74) is 8.11. The van der Waals surface area contributed by atoms with Crippen LogP contribution in [0.25, 0.3) is 0 Å². The van der Waals surface area contributed by atoms with Crippen molar-refractivity contribution in [3.8, 4) is 11.5 Å². The van der Waals surface area contributed by atoms with Gasteiger partial charge < -0.3 is 15.2 Å². The molecule has 0 fully saturated rings. The summed E-state index contributed by atoms with van der Waals surface area (Å²) < 4.78 is 35.4. The fraction of sp³-hybridized carbons (Fsp3) is 0.211. The summed E-state index contributed by atoms with van der Waals surface area (Å²) in [5.74, 6) is -0.427. The van der Waals surface area contributed by atoms with Crippen LogP contribution in [0, 0.1) is 0 Å². The van der Waals surface area contributed by atoms with Gasteiger partial charge in [0.1, 0.15) is 18.0 Å². The van der Waals surface area contributed by atoms with Gasteiger partial charge in [0, 0.05) is 0 Å². The fourth-order valence-electron chi connectivity index (χ4n) is 2.36. The lowest BCUT2D eigenvalue weighted by Crippen LogP contribution is -2.39. The van der Waals surface area contributed by atoms with Crippen molar-refractivity contribution in [2.75, 3.05) is 30.8 Å². The minimum Gasteiger partial charge on any atom is -0.495 e. The van der Waals surface area contributed by atoms with Gasteiger partial charge in [0.25, 0.3) is 11.8 Å². The Bertz CT molecular complexity index is 1070. The highest BCUT2D eigenvalue weighted by atomic mass is 35.5. The number of ether oxygens (including phenoxy) is 2. The highest BCUT2D eigenvalue weighted by Crippen LogP contribution is 2.30. The average Bonchev–Trinajstić information content (AvgIpc) is 2.70. The third kappa shape index (κ3) is 7.46. The van der Waals surface area contributed by atoms with Crippen LogP contribution in [0.15, 0.2) is 47.6 Å². The van der Waals surface area contributed by atoms with Crippen molar-refractivity contribution in [3.05, 3.63) is 53.1 Å². The zero-order chi connectivity index (χ0) is 23.0. The number of carbonyl (C=O) groups excluding carboxylic acids is 2. The number of amides is 2. The maximum atomic E-state index is 12.2. The van der Waals surface area contributed by atoms with Crippen LogP contribution in [0.2, 0.25) is 5.02 Å². The van der Waals surface area contributed by atoms with Crippen LogP contribution in [0.3, 0.4) is 0 Å². The van der Waals surface area contributed by atoms with Gasteiger partial charge in [-0.2, -0.15) is 5.10 Å². The number of nitrogens with zero attached hydrogens (tertiary/aromatic N) is 2. The van der Waals surface area contributed by atoms with E-state index in [2.05, 4.69) is 10.5 Å². The first-order valence-electron chi connectivity index (χ1n) is 8.74. The third-order valence-corrected chi connectivity index (χ3v) is 5.21. The summed E-state index contributed by atoms with van der Waals surface area (Å²) >= 11 is 6.06. The van der Waals surface area contributed by atoms with Gasteiger partial charge in [-0.15, -0.1) is 0 Å². The molecule has 166 valence electrons. The summed E-state index contributed by atoms with van der Waals surface area (Å²) in [6, 6.07) is 10.9. The number of rotatable bonds is 10. The highest BCUT2D eigenvalue weighted by Gasteiger charge is 2.21. The number of anilines is 1. The number of hydrazone groups is 1. The summed E-state index contributed by atoms with van der Waals surface area (Å²) in [4.78, 5) is 22.9. The van der Waals surface area contributed by atoms with E-state index in [1.54, 1.807) is 24.3 Å². The molecule has 31 heavy (non-hydrogen) atoms. The smallest absolute Gasteiger partial charge is 0.260 e. The first kappa shape index (κ1) is 24.0. The van der Waals surface area contributed by atoms with Gasteiger partial charge in [0.15, 0.2) is 6.61 Å². The number of halogens is 1. The molecule has 3 N–H and O–H groups in total. The summed E-state index contributed by atoms with van der Waals surface area (Å²) in [5, 5.41) is 4.02. The molecule has 0 spiro atoms. The predicted octanol–water partition coefficient (Wildman–Crippen LogP) is 1.13. The average molecular weight is 469 g/mol. The molecule has 10 nitrogen and oxygen atoms in total. The Balaban J connectivity index is 2.01. The molecule has 2 rings (SSSR count). The fourth-order valence-corrected chi connectivity index (χ4v) is 3.46. The quantitative estimate of drug-likeness (QED) is 0.395. The lowest BCUT2D eigenvalue weighted by Gasteiger charge is -2.21. The SMILES string of the molecule is COc1ccc(N(CC(=O)N/N=C\c2ccc(OCC(N)=O)cc2)S(C)(=O)=O)cc1Cl. The number of nitrogens with two attached hydrogens (primary N) is 1. The van der Waals surface area contributed by atoms with Crippen molar-refractivity contribution in [3.63, 3.8) is 0 Å². The number of carbonyl (C=O) groups is 2. The molecule has 0 saturated heterocycles. The minimum atomic E-state index is -3.77. The van der Waals surface area contributed by atoms with Crippen LogP contribution in [0.4, 0.5) is 5.69 Å². The predicted molar refractivity (Wildman–Crippen MR) is 117 cm³/mol. The third-order valence-electron chi connectivity index (χ3n) is 3.77. The van der Waals surface area contributed by atoms with E-state index in [0.29, 0.717) is 17.1 Å². The molecule has 0 radical (unpaired) electrons. The molecule has 2 aromatic carbocycles. The molecular formula is C19H21ClN4O6S. The topological polar surface area (TPSA) is 140 Å². The molecule has 0 aromatic heterocycles. The number of hydrogen-bond acceptors (Lipinski definition) is 7. The van der Waals surface area contributed by atoms with Crippen molar-refractivity contribution in [1.82, 2.24) is 5.43 Å². The molecule has 2 amide bonds. The van der Waals surface area contributed by atoms with E-state index >= 15 is 0 Å². The van der Waals surface area contributed by atoms with Crippen molar-refractivity contribution in [1.29, 1.82) is 0 Å². The van der Waals surface area contributed by atoms with Crippen LogP contribution in [-0.2, 0) is 19.6 Å². The second kappa shape index (κ2) is 10.6.